The Labute approximate surface area is 204 Å². The third kappa shape index (κ3) is 3.89. The fourth-order valence-corrected chi connectivity index (χ4v) is 5.24. The van der Waals surface area contributed by atoms with Gasteiger partial charge in [0.2, 0.25) is 0 Å². The van der Waals surface area contributed by atoms with Crippen LogP contribution in [0.5, 0.6) is 5.75 Å². The number of anilines is 4. The third-order valence-electron chi connectivity index (χ3n) is 6.23. The SMILES string of the molecule is CCN1c2ncc(CCOc3cccc4c3C=CS(=O)(=O)N4C)cc2C(=O)N(C)c2cccnc21. The average Bonchev–Trinajstić information content (AvgIpc) is 2.95. The summed E-state index contributed by atoms with van der Waals surface area (Å²) in [6, 6.07) is 10.9. The average molecular weight is 492 g/mol. The molecule has 0 aliphatic carbocycles. The number of rotatable bonds is 5. The van der Waals surface area contributed by atoms with Gasteiger partial charge in [-0.05, 0) is 48.9 Å². The van der Waals surface area contributed by atoms with E-state index in [4.69, 9.17) is 4.74 Å². The molecule has 0 atom stereocenters. The molecule has 0 saturated heterocycles. The van der Waals surface area contributed by atoms with E-state index in [1.807, 2.05) is 36.1 Å². The smallest absolute Gasteiger partial charge is 0.261 e. The second-order valence-electron chi connectivity index (χ2n) is 8.27. The van der Waals surface area contributed by atoms with E-state index < -0.39 is 10.0 Å². The van der Waals surface area contributed by atoms with Crippen molar-refractivity contribution in [3.05, 3.63) is 70.9 Å². The predicted molar refractivity (Wildman–Crippen MR) is 136 cm³/mol. The molecule has 4 heterocycles. The van der Waals surface area contributed by atoms with E-state index in [1.165, 1.54) is 16.8 Å². The zero-order chi connectivity index (χ0) is 24.7. The topological polar surface area (TPSA) is 95.9 Å². The molecule has 5 rings (SSSR count). The molecule has 1 amide bonds. The number of ether oxygens (including phenoxy) is 1. The van der Waals surface area contributed by atoms with E-state index in [-0.39, 0.29) is 5.91 Å². The number of benzene rings is 1. The first-order chi connectivity index (χ1) is 16.8. The van der Waals surface area contributed by atoms with E-state index in [0.29, 0.717) is 53.8 Å². The molecular formula is C25H25N5O4S. The molecular weight excluding hydrogens is 466 g/mol. The van der Waals surface area contributed by atoms with E-state index >= 15 is 0 Å². The van der Waals surface area contributed by atoms with Gasteiger partial charge in [0, 0.05) is 45.0 Å². The van der Waals surface area contributed by atoms with Gasteiger partial charge >= 0.3 is 0 Å². The van der Waals surface area contributed by atoms with E-state index in [2.05, 4.69) is 9.97 Å². The van der Waals surface area contributed by atoms with Gasteiger partial charge in [-0.3, -0.25) is 9.10 Å². The summed E-state index contributed by atoms with van der Waals surface area (Å²) in [5.41, 5.74) is 3.39. The molecule has 0 N–H and O–H groups in total. The van der Waals surface area contributed by atoms with Crippen molar-refractivity contribution in [1.82, 2.24) is 9.97 Å². The fraction of sp³-hybridized carbons (Fsp3) is 0.240. The van der Waals surface area contributed by atoms with Crippen LogP contribution < -0.4 is 18.8 Å². The Morgan fingerprint density at radius 2 is 1.83 bits per heavy atom. The van der Waals surface area contributed by atoms with Gasteiger partial charge < -0.3 is 14.5 Å². The summed E-state index contributed by atoms with van der Waals surface area (Å²) in [7, 11) is -0.200. The number of nitrogens with zero attached hydrogens (tertiary/aromatic N) is 5. The Hall–Kier alpha value is -3.92. The zero-order valence-corrected chi connectivity index (χ0v) is 20.5. The number of hydrogen-bond acceptors (Lipinski definition) is 7. The molecule has 0 fully saturated rings. The van der Waals surface area contributed by atoms with Gasteiger partial charge in [-0.15, -0.1) is 0 Å². The molecule has 9 nitrogen and oxygen atoms in total. The Balaban J connectivity index is 1.38. The summed E-state index contributed by atoms with van der Waals surface area (Å²) in [6.45, 7) is 2.95. The number of amides is 1. The molecule has 35 heavy (non-hydrogen) atoms. The van der Waals surface area contributed by atoms with Crippen molar-refractivity contribution in [3.63, 3.8) is 0 Å². The minimum Gasteiger partial charge on any atom is -0.493 e. The van der Waals surface area contributed by atoms with Crippen LogP contribution in [-0.4, -0.2) is 51.5 Å². The van der Waals surface area contributed by atoms with Crippen LogP contribution in [0.1, 0.15) is 28.4 Å². The molecule has 2 aromatic heterocycles. The molecule has 2 aliphatic rings. The maximum absolute atomic E-state index is 13.3. The number of sulfonamides is 1. The number of carbonyl (C=O) groups excluding carboxylic acids is 1. The molecule has 10 heteroatoms. The van der Waals surface area contributed by atoms with E-state index in [9.17, 15) is 13.2 Å². The number of aromatic nitrogens is 2. The minimum atomic E-state index is -3.46. The summed E-state index contributed by atoms with van der Waals surface area (Å²) in [4.78, 5) is 26.0. The highest BCUT2D eigenvalue weighted by Crippen LogP contribution is 2.38. The summed E-state index contributed by atoms with van der Waals surface area (Å²) in [5.74, 6) is 1.73. The Morgan fingerprint density at radius 3 is 2.63 bits per heavy atom. The molecule has 0 spiro atoms. The van der Waals surface area contributed by atoms with Crippen LogP contribution in [0.25, 0.3) is 6.08 Å². The van der Waals surface area contributed by atoms with Gasteiger partial charge in [-0.1, -0.05) is 6.07 Å². The van der Waals surface area contributed by atoms with Gasteiger partial charge in [-0.2, -0.15) is 0 Å². The van der Waals surface area contributed by atoms with Crippen molar-refractivity contribution in [2.24, 2.45) is 0 Å². The van der Waals surface area contributed by atoms with Crippen molar-refractivity contribution in [2.75, 3.05) is 41.4 Å². The minimum absolute atomic E-state index is 0.146. The van der Waals surface area contributed by atoms with Gasteiger partial charge in [0.1, 0.15) is 11.6 Å². The van der Waals surface area contributed by atoms with Crippen molar-refractivity contribution >= 4 is 45.0 Å². The lowest BCUT2D eigenvalue weighted by atomic mass is 10.1. The third-order valence-corrected chi connectivity index (χ3v) is 7.67. The highest BCUT2D eigenvalue weighted by molar-refractivity contribution is 7.95. The monoisotopic (exact) mass is 491 g/mol. The van der Waals surface area contributed by atoms with Crippen LogP contribution in [-0.2, 0) is 16.4 Å². The van der Waals surface area contributed by atoms with Crippen molar-refractivity contribution in [2.45, 2.75) is 13.3 Å². The van der Waals surface area contributed by atoms with Crippen LogP contribution in [0.2, 0.25) is 0 Å². The molecule has 0 bridgehead atoms. The standard InChI is InChI=1S/C25H25N5O4S/c1-4-30-23-19(25(31)28(2)21-8-6-12-26-24(21)30)15-17(16-27-23)10-13-34-22-9-5-7-20-18(22)11-14-35(32,33)29(20)3/h5-9,11-12,14-16H,4,10,13H2,1-3H3. The maximum atomic E-state index is 13.3. The van der Waals surface area contributed by atoms with Crippen molar-refractivity contribution in [3.8, 4) is 5.75 Å². The summed E-state index contributed by atoms with van der Waals surface area (Å²) in [6.07, 6.45) is 5.55. The molecule has 0 unspecified atom stereocenters. The highest BCUT2D eigenvalue weighted by atomic mass is 32.2. The van der Waals surface area contributed by atoms with Crippen LogP contribution in [0.4, 0.5) is 23.0 Å². The molecule has 3 aromatic rings. The summed E-state index contributed by atoms with van der Waals surface area (Å²) in [5, 5.41) is 1.17. The molecule has 0 saturated carbocycles. The lowest BCUT2D eigenvalue weighted by molar-refractivity contribution is 0.0994. The van der Waals surface area contributed by atoms with Crippen LogP contribution in [0, 0.1) is 0 Å². The second kappa shape index (κ2) is 8.70. The summed E-state index contributed by atoms with van der Waals surface area (Å²) < 4.78 is 31.5. The first kappa shape index (κ1) is 22.9. The first-order valence-corrected chi connectivity index (χ1v) is 12.7. The number of carbonyl (C=O) groups is 1. The number of fused-ring (bicyclic) bond motifs is 3. The lowest BCUT2D eigenvalue weighted by Crippen LogP contribution is -2.27. The summed E-state index contributed by atoms with van der Waals surface area (Å²) >= 11 is 0. The first-order valence-electron chi connectivity index (χ1n) is 11.2. The highest BCUT2D eigenvalue weighted by Gasteiger charge is 2.30. The number of hydrogen-bond donors (Lipinski definition) is 0. The van der Waals surface area contributed by atoms with E-state index in [1.54, 1.807) is 42.6 Å². The normalized spacial score (nSPS) is 15.9. The van der Waals surface area contributed by atoms with Crippen molar-refractivity contribution in [1.29, 1.82) is 0 Å². The maximum Gasteiger partial charge on any atom is 0.261 e. The molecule has 2 aliphatic heterocycles. The van der Waals surface area contributed by atoms with Gasteiger partial charge in [0.15, 0.2) is 5.82 Å². The lowest BCUT2D eigenvalue weighted by Gasteiger charge is -2.24. The predicted octanol–water partition coefficient (Wildman–Crippen LogP) is 3.60. The van der Waals surface area contributed by atoms with Crippen molar-refractivity contribution < 1.29 is 17.9 Å². The Kier molecular flexibility index (Phi) is 5.68. The zero-order valence-electron chi connectivity index (χ0n) is 19.7. The quantitative estimate of drug-likeness (QED) is 0.538. The van der Waals surface area contributed by atoms with Crippen LogP contribution in [0.3, 0.4) is 0 Å². The largest absolute Gasteiger partial charge is 0.493 e. The fourth-order valence-electron chi connectivity index (χ4n) is 4.32. The second-order valence-corrected chi connectivity index (χ2v) is 10.1. The number of pyridine rings is 2. The molecule has 180 valence electrons. The van der Waals surface area contributed by atoms with Crippen LogP contribution >= 0.6 is 0 Å². The van der Waals surface area contributed by atoms with Gasteiger partial charge in [0.05, 0.1) is 29.0 Å². The molecule has 1 aromatic carbocycles. The Bertz CT molecular complexity index is 1450. The van der Waals surface area contributed by atoms with E-state index in [0.717, 1.165) is 11.3 Å². The Morgan fingerprint density at radius 1 is 1.03 bits per heavy atom. The molecule has 0 radical (unpaired) electrons. The van der Waals surface area contributed by atoms with Gasteiger partial charge in [-0.25, -0.2) is 18.4 Å². The van der Waals surface area contributed by atoms with Gasteiger partial charge in [0.25, 0.3) is 15.9 Å². The van der Waals surface area contributed by atoms with Crippen LogP contribution in [0.15, 0.2) is 54.2 Å².